The van der Waals surface area contributed by atoms with E-state index in [0.717, 1.165) is 34.9 Å². The minimum atomic E-state index is -0.235. The number of hydrogen-bond acceptors (Lipinski definition) is 4. The zero-order chi connectivity index (χ0) is 20.5. The minimum Gasteiger partial charge on any atom is -0.486 e. The van der Waals surface area contributed by atoms with E-state index in [1.165, 1.54) is 0 Å². The largest absolute Gasteiger partial charge is 0.486 e. The van der Waals surface area contributed by atoms with Crippen molar-refractivity contribution in [2.45, 2.75) is 19.4 Å². The number of carbonyl (C=O) groups excluding carboxylic acids is 2. The Morgan fingerprint density at radius 1 is 0.900 bits per heavy atom. The van der Waals surface area contributed by atoms with Gasteiger partial charge >= 0.3 is 0 Å². The van der Waals surface area contributed by atoms with Gasteiger partial charge in [0.15, 0.2) is 11.5 Å². The summed E-state index contributed by atoms with van der Waals surface area (Å²) in [4.78, 5) is 25.4. The Bertz CT molecular complexity index is 1140. The zero-order valence-electron chi connectivity index (χ0n) is 16.4. The summed E-state index contributed by atoms with van der Waals surface area (Å²) < 4.78 is 11.1. The van der Waals surface area contributed by atoms with Crippen LogP contribution in [0.2, 0.25) is 0 Å². The van der Waals surface area contributed by atoms with Crippen molar-refractivity contribution < 1.29 is 19.1 Å². The second-order valence-corrected chi connectivity index (χ2v) is 7.67. The fourth-order valence-electron chi connectivity index (χ4n) is 3.59. The molecule has 2 amide bonds. The SMILES string of the molecule is O=C(NCc1ccc2c(c1)OCCO2)c1cc2ccccc2cc1NC(=O)C1CC1. The molecule has 0 atom stereocenters. The number of nitrogens with one attached hydrogen (secondary N) is 2. The highest BCUT2D eigenvalue weighted by molar-refractivity contribution is 6.08. The van der Waals surface area contributed by atoms with Gasteiger partial charge in [0.25, 0.3) is 5.91 Å². The lowest BCUT2D eigenvalue weighted by Crippen LogP contribution is -2.25. The molecule has 0 spiro atoms. The van der Waals surface area contributed by atoms with E-state index in [1.54, 1.807) is 0 Å². The third kappa shape index (κ3) is 3.81. The summed E-state index contributed by atoms with van der Waals surface area (Å²) in [6.45, 7) is 1.41. The van der Waals surface area contributed by atoms with Gasteiger partial charge in [-0.05, 0) is 53.4 Å². The van der Waals surface area contributed by atoms with Crippen molar-refractivity contribution >= 4 is 28.3 Å². The zero-order valence-corrected chi connectivity index (χ0v) is 16.4. The molecule has 1 saturated carbocycles. The van der Waals surface area contributed by atoms with E-state index < -0.39 is 0 Å². The van der Waals surface area contributed by atoms with Crippen LogP contribution in [0, 0.1) is 5.92 Å². The van der Waals surface area contributed by atoms with Gasteiger partial charge in [-0.3, -0.25) is 9.59 Å². The molecular weight excluding hydrogens is 380 g/mol. The van der Waals surface area contributed by atoms with E-state index in [0.29, 0.717) is 36.8 Å². The second kappa shape index (κ2) is 7.71. The average molecular weight is 402 g/mol. The fraction of sp³-hybridized carbons (Fsp3) is 0.250. The van der Waals surface area contributed by atoms with Crippen molar-refractivity contribution in [2.75, 3.05) is 18.5 Å². The van der Waals surface area contributed by atoms with Gasteiger partial charge in [-0.15, -0.1) is 0 Å². The second-order valence-electron chi connectivity index (χ2n) is 7.67. The molecule has 0 unspecified atom stereocenters. The monoisotopic (exact) mass is 402 g/mol. The molecule has 3 aromatic carbocycles. The normalized spacial score (nSPS) is 14.9. The summed E-state index contributed by atoms with van der Waals surface area (Å²) in [6, 6.07) is 17.1. The van der Waals surface area contributed by atoms with Crippen molar-refractivity contribution in [3.63, 3.8) is 0 Å². The van der Waals surface area contributed by atoms with Crippen molar-refractivity contribution in [3.05, 3.63) is 65.7 Å². The highest BCUT2D eigenvalue weighted by atomic mass is 16.6. The van der Waals surface area contributed by atoms with Crippen LogP contribution in [0.25, 0.3) is 10.8 Å². The van der Waals surface area contributed by atoms with E-state index >= 15 is 0 Å². The number of fused-ring (bicyclic) bond motifs is 2. The summed E-state index contributed by atoms with van der Waals surface area (Å²) in [6.07, 6.45) is 1.82. The molecule has 0 saturated heterocycles. The summed E-state index contributed by atoms with van der Waals surface area (Å²) in [5.74, 6) is 1.21. The van der Waals surface area contributed by atoms with Gasteiger partial charge in [-0.1, -0.05) is 30.3 Å². The predicted molar refractivity (Wildman–Crippen MR) is 114 cm³/mol. The molecule has 1 heterocycles. The maximum atomic E-state index is 13.0. The number of anilines is 1. The standard InChI is InChI=1S/C24H22N2O4/c27-23(16-6-7-16)26-20-13-18-4-2-1-3-17(18)12-19(20)24(28)25-14-15-5-8-21-22(11-15)30-10-9-29-21/h1-5,8,11-13,16H,6-7,9-10,14H2,(H,25,28)(H,26,27). The summed E-state index contributed by atoms with van der Waals surface area (Å²) >= 11 is 0. The van der Waals surface area contributed by atoms with Crippen LogP contribution >= 0.6 is 0 Å². The molecule has 0 aromatic heterocycles. The molecule has 0 radical (unpaired) electrons. The van der Waals surface area contributed by atoms with Gasteiger partial charge in [0.2, 0.25) is 5.91 Å². The Hall–Kier alpha value is -3.54. The molecule has 1 aliphatic heterocycles. The Kier molecular flexibility index (Phi) is 4.75. The Labute approximate surface area is 174 Å². The molecular formula is C24H22N2O4. The van der Waals surface area contributed by atoms with E-state index in [2.05, 4.69) is 10.6 Å². The molecule has 0 bridgehead atoms. The van der Waals surface area contributed by atoms with Crippen LogP contribution in [0.15, 0.2) is 54.6 Å². The molecule has 152 valence electrons. The first-order valence-electron chi connectivity index (χ1n) is 10.2. The molecule has 30 heavy (non-hydrogen) atoms. The highest BCUT2D eigenvalue weighted by Gasteiger charge is 2.30. The van der Waals surface area contributed by atoms with Crippen molar-refractivity contribution in [3.8, 4) is 11.5 Å². The lowest BCUT2D eigenvalue weighted by Gasteiger charge is -2.19. The van der Waals surface area contributed by atoms with Gasteiger partial charge in [0, 0.05) is 12.5 Å². The smallest absolute Gasteiger partial charge is 0.253 e. The van der Waals surface area contributed by atoms with Crippen LogP contribution < -0.4 is 20.1 Å². The minimum absolute atomic E-state index is 0.0221. The number of hydrogen-bond donors (Lipinski definition) is 2. The van der Waals surface area contributed by atoms with Crippen LogP contribution in [0.4, 0.5) is 5.69 Å². The van der Waals surface area contributed by atoms with Crippen LogP contribution in [-0.2, 0) is 11.3 Å². The topological polar surface area (TPSA) is 76.7 Å². The number of benzene rings is 3. The van der Waals surface area contributed by atoms with Gasteiger partial charge in [0.05, 0.1) is 11.3 Å². The van der Waals surface area contributed by atoms with Crippen LogP contribution in [0.1, 0.15) is 28.8 Å². The maximum absolute atomic E-state index is 13.0. The Morgan fingerprint density at radius 2 is 1.63 bits per heavy atom. The molecule has 2 N–H and O–H groups in total. The molecule has 5 rings (SSSR count). The number of rotatable bonds is 5. The number of carbonyl (C=O) groups is 2. The molecule has 2 aliphatic rings. The van der Waals surface area contributed by atoms with Crippen LogP contribution in [0.5, 0.6) is 11.5 Å². The lowest BCUT2D eigenvalue weighted by molar-refractivity contribution is -0.117. The van der Waals surface area contributed by atoms with Crippen molar-refractivity contribution in [2.24, 2.45) is 5.92 Å². The van der Waals surface area contributed by atoms with Gasteiger partial charge in [0.1, 0.15) is 13.2 Å². The van der Waals surface area contributed by atoms with E-state index in [4.69, 9.17) is 9.47 Å². The van der Waals surface area contributed by atoms with Crippen molar-refractivity contribution in [1.29, 1.82) is 0 Å². The number of amides is 2. The van der Waals surface area contributed by atoms with Crippen LogP contribution in [-0.4, -0.2) is 25.0 Å². The maximum Gasteiger partial charge on any atom is 0.253 e. The fourth-order valence-corrected chi connectivity index (χ4v) is 3.59. The van der Waals surface area contributed by atoms with Gasteiger partial charge in [-0.2, -0.15) is 0 Å². The molecule has 1 aliphatic carbocycles. The van der Waals surface area contributed by atoms with Crippen LogP contribution in [0.3, 0.4) is 0 Å². The van der Waals surface area contributed by atoms with Gasteiger partial charge in [-0.25, -0.2) is 0 Å². The first-order valence-corrected chi connectivity index (χ1v) is 10.2. The third-order valence-corrected chi connectivity index (χ3v) is 5.40. The van der Waals surface area contributed by atoms with Gasteiger partial charge < -0.3 is 20.1 Å². The molecule has 1 fully saturated rings. The summed E-state index contributed by atoms with van der Waals surface area (Å²) in [5, 5.41) is 7.84. The Morgan fingerprint density at radius 3 is 2.40 bits per heavy atom. The summed E-state index contributed by atoms with van der Waals surface area (Å²) in [7, 11) is 0. The highest BCUT2D eigenvalue weighted by Crippen LogP contribution is 2.32. The Balaban J connectivity index is 1.38. The number of ether oxygens (including phenoxy) is 2. The third-order valence-electron chi connectivity index (χ3n) is 5.40. The van der Waals surface area contributed by atoms with E-state index in [9.17, 15) is 9.59 Å². The first-order chi connectivity index (χ1) is 14.7. The first kappa shape index (κ1) is 18.5. The van der Waals surface area contributed by atoms with E-state index in [1.807, 2.05) is 54.6 Å². The molecule has 3 aromatic rings. The quantitative estimate of drug-likeness (QED) is 0.679. The predicted octanol–water partition coefficient (Wildman–Crippen LogP) is 3.89. The molecule has 6 nitrogen and oxygen atoms in total. The summed E-state index contributed by atoms with van der Waals surface area (Å²) in [5.41, 5.74) is 1.92. The molecule has 6 heteroatoms. The van der Waals surface area contributed by atoms with Crippen molar-refractivity contribution in [1.82, 2.24) is 5.32 Å². The van der Waals surface area contributed by atoms with E-state index in [-0.39, 0.29) is 17.7 Å². The lowest BCUT2D eigenvalue weighted by atomic mass is 10.0. The average Bonchev–Trinajstić information content (AvgIpc) is 3.62.